The number of nitrogens with one attached hydrogen (secondary N) is 3. The predicted molar refractivity (Wildman–Crippen MR) is 124 cm³/mol. The lowest BCUT2D eigenvalue weighted by Gasteiger charge is -2.07. The van der Waals surface area contributed by atoms with Gasteiger partial charge in [0.05, 0.1) is 5.57 Å². The van der Waals surface area contributed by atoms with Crippen molar-refractivity contribution < 1.29 is 19.5 Å². The van der Waals surface area contributed by atoms with Crippen molar-refractivity contribution in [3.63, 3.8) is 0 Å². The molecule has 0 saturated carbocycles. The second-order valence-electron chi connectivity index (χ2n) is 7.51. The molecule has 2 amide bonds. The number of hydrogen-bond acceptors (Lipinski definition) is 5. The Morgan fingerprint density at radius 1 is 0.969 bits per heavy atom. The normalized spacial score (nSPS) is 13.4. The summed E-state index contributed by atoms with van der Waals surface area (Å²) < 4.78 is 0. The van der Waals surface area contributed by atoms with Gasteiger partial charge in [0.15, 0.2) is 5.78 Å². The molecule has 7 heteroatoms. The highest BCUT2D eigenvalue weighted by Crippen LogP contribution is 2.33. The quantitative estimate of drug-likeness (QED) is 0.359. The number of aromatic hydroxyl groups is 1. The first-order valence-corrected chi connectivity index (χ1v) is 9.96. The van der Waals surface area contributed by atoms with Gasteiger partial charge in [-0.05, 0) is 36.8 Å². The van der Waals surface area contributed by atoms with E-state index in [0.29, 0.717) is 39.3 Å². The van der Waals surface area contributed by atoms with Crippen molar-refractivity contribution in [3.05, 3.63) is 89.1 Å². The number of phenolic OH excluding ortho intramolecular Hbond substituents is 1. The second-order valence-corrected chi connectivity index (χ2v) is 7.51. The molecule has 3 aromatic rings. The van der Waals surface area contributed by atoms with Crippen LogP contribution in [0.15, 0.2) is 66.9 Å². The predicted octanol–water partition coefficient (Wildman–Crippen LogP) is 4.30. The fraction of sp³-hybridized carbons (Fsp3) is 0.0800. The Labute approximate surface area is 184 Å². The third-order valence-electron chi connectivity index (χ3n) is 5.10. The Balaban J connectivity index is 1.58. The van der Waals surface area contributed by atoms with Crippen molar-refractivity contribution in [2.45, 2.75) is 13.8 Å². The van der Waals surface area contributed by atoms with E-state index in [9.17, 15) is 19.5 Å². The van der Waals surface area contributed by atoms with Gasteiger partial charge in [0.25, 0.3) is 5.91 Å². The van der Waals surface area contributed by atoms with Gasteiger partial charge in [-0.25, -0.2) is 0 Å². The van der Waals surface area contributed by atoms with Gasteiger partial charge >= 0.3 is 0 Å². The molecular weight excluding hydrogens is 406 g/mol. The Morgan fingerprint density at radius 2 is 1.75 bits per heavy atom. The van der Waals surface area contributed by atoms with Crippen LogP contribution < -0.4 is 16.0 Å². The Morgan fingerprint density at radius 3 is 2.50 bits per heavy atom. The van der Waals surface area contributed by atoms with Crippen LogP contribution in [0.4, 0.5) is 17.1 Å². The summed E-state index contributed by atoms with van der Waals surface area (Å²) in [5, 5.41) is 18.3. The minimum atomic E-state index is -0.291. The van der Waals surface area contributed by atoms with E-state index in [1.807, 2.05) is 0 Å². The summed E-state index contributed by atoms with van der Waals surface area (Å²) in [5.41, 5.74) is 4.42. The molecule has 0 aromatic heterocycles. The molecule has 0 radical (unpaired) electrons. The van der Waals surface area contributed by atoms with Crippen LogP contribution in [-0.4, -0.2) is 22.7 Å². The Hall–Kier alpha value is -4.39. The zero-order valence-corrected chi connectivity index (χ0v) is 17.5. The first kappa shape index (κ1) is 20.9. The summed E-state index contributed by atoms with van der Waals surface area (Å²) in [7, 11) is 0. The van der Waals surface area contributed by atoms with Gasteiger partial charge in [-0.1, -0.05) is 30.3 Å². The lowest BCUT2D eigenvalue weighted by Crippen LogP contribution is -2.08. The average molecular weight is 427 g/mol. The monoisotopic (exact) mass is 427 g/mol. The number of aryl methyl sites for hydroxylation is 1. The van der Waals surface area contributed by atoms with Gasteiger partial charge in [-0.3, -0.25) is 14.4 Å². The third-order valence-corrected chi connectivity index (χ3v) is 5.10. The van der Waals surface area contributed by atoms with Gasteiger partial charge < -0.3 is 21.1 Å². The molecule has 7 nitrogen and oxygen atoms in total. The summed E-state index contributed by atoms with van der Waals surface area (Å²) in [6.07, 6.45) is 1.57. The number of anilines is 3. The van der Waals surface area contributed by atoms with Gasteiger partial charge in [0, 0.05) is 52.9 Å². The number of rotatable bonds is 5. The van der Waals surface area contributed by atoms with Crippen LogP contribution in [0.1, 0.15) is 34.0 Å². The maximum Gasteiger partial charge on any atom is 0.257 e. The molecule has 1 aliphatic heterocycles. The summed E-state index contributed by atoms with van der Waals surface area (Å²) in [6, 6.07) is 16.9. The van der Waals surface area contributed by atoms with E-state index in [1.165, 1.54) is 6.92 Å². The zero-order chi connectivity index (χ0) is 22.8. The van der Waals surface area contributed by atoms with E-state index < -0.39 is 0 Å². The van der Waals surface area contributed by atoms with Gasteiger partial charge in [0.1, 0.15) is 5.75 Å². The van der Waals surface area contributed by atoms with Crippen LogP contribution in [0.2, 0.25) is 0 Å². The maximum atomic E-state index is 12.9. The van der Waals surface area contributed by atoms with Crippen molar-refractivity contribution in [3.8, 4) is 5.75 Å². The van der Waals surface area contributed by atoms with E-state index in [4.69, 9.17) is 0 Å². The van der Waals surface area contributed by atoms with Crippen molar-refractivity contribution in [1.29, 1.82) is 0 Å². The highest BCUT2D eigenvalue weighted by Gasteiger charge is 2.25. The van der Waals surface area contributed by atoms with Crippen LogP contribution in [0, 0.1) is 6.92 Å². The molecule has 160 valence electrons. The fourth-order valence-electron chi connectivity index (χ4n) is 3.44. The lowest BCUT2D eigenvalue weighted by molar-refractivity contribution is -0.114. The standard InChI is InChI=1S/C25H21N3O4/c1-14-6-8-18(12-23(14)30)26-13-21-20-9-7-17(11-22(20)28-25(21)32)24(31)16-4-3-5-19(10-16)27-15(2)29/h3-13,26,30H,1-2H3,(H,27,29)(H,28,32)/b21-13+. The van der Waals surface area contributed by atoms with Crippen LogP contribution in [0.5, 0.6) is 5.75 Å². The molecule has 0 aliphatic carbocycles. The number of fused-ring (bicyclic) bond motifs is 1. The summed E-state index contributed by atoms with van der Waals surface area (Å²) in [5.74, 6) is -0.569. The summed E-state index contributed by atoms with van der Waals surface area (Å²) in [4.78, 5) is 36.7. The van der Waals surface area contributed by atoms with E-state index in [1.54, 1.807) is 73.8 Å². The Bertz CT molecular complexity index is 1290. The first-order chi connectivity index (χ1) is 15.3. The molecule has 4 rings (SSSR count). The number of hydrogen-bond donors (Lipinski definition) is 4. The number of ketones is 1. The molecular formula is C25H21N3O4. The fourth-order valence-corrected chi connectivity index (χ4v) is 3.44. The molecule has 1 heterocycles. The first-order valence-electron chi connectivity index (χ1n) is 9.96. The largest absolute Gasteiger partial charge is 0.508 e. The molecule has 0 fully saturated rings. The van der Waals surface area contributed by atoms with Crippen molar-refractivity contribution >= 4 is 40.2 Å². The smallest absolute Gasteiger partial charge is 0.257 e. The molecule has 0 unspecified atom stereocenters. The number of phenols is 1. The number of carbonyl (C=O) groups is 3. The molecule has 32 heavy (non-hydrogen) atoms. The summed E-state index contributed by atoms with van der Waals surface area (Å²) >= 11 is 0. The Kier molecular flexibility index (Phi) is 5.47. The van der Waals surface area contributed by atoms with E-state index in [2.05, 4.69) is 16.0 Å². The highest BCUT2D eigenvalue weighted by atomic mass is 16.3. The highest BCUT2D eigenvalue weighted by molar-refractivity contribution is 6.32. The zero-order valence-electron chi connectivity index (χ0n) is 17.5. The number of amides is 2. The van der Waals surface area contributed by atoms with Crippen LogP contribution >= 0.6 is 0 Å². The van der Waals surface area contributed by atoms with Crippen molar-refractivity contribution in [1.82, 2.24) is 0 Å². The number of benzene rings is 3. The van der Waals surface area contributed by atoms with Gasteiger partial charge in [-0.15, -0.1) is 0 Å². The molecule has 0 bridgehead atoms. The molecule has 0 atom stereocenters. The van der Waals surface area contributed by atoms with E-state index in [-0.39, 0.29) is 23.3 Å². The molecule has 3 aromatic carbocycles. The SMILES string of the molecule is CC(=O)Nc1cccc(C(=O)c2ccc3c(c2)NC(=O)/C3=C/Nc2ccc(C)c(O)c2)c1. The van der Waals surface area contributed by atoms with E-state index in [0.717, 1.165) is 5.56 Å². The van der Waals surface area contributed by atoms with Crippen molar-refractivity contribution in [2.24, 2.45) is 0 Å². The van der Waals surface area contributed by atoms with Crippen LogP contribution in [0.3, 0.4) is 0 Å². The van der Waals surface area contributed by atoms with Crippen LogP contribution in [0.25, 0.3) is 5.57 Å². The molecule has 0 spiro atoms. The summed E-state index contributed by atoms with van der Waals surface area (Å²) in [6.45, 7) is 3.20. The van der Waals surface area contributed by atoms with Crippen LogP contribution in [-0.2, 0) is 9.59 Å². The molecule has 0 saturated heterocycles. The molecule has 4 N–H and O–H groups in total. The second kappa shape index (κ2) is 8.39. The van der Waals surface area contributed by atoms with Gasteiger partial charge in [0.2, 0.25) is 5.91 Å². The lowest BCUT2D eigenvalue weighted by atomic mass is 9.99. The average Bonchev–Trinajstić information content (AvgIpc) is 3.08. The minimum Gasteiger partial charge on any atom is -0.508 e. The topological polar surface area (TPSA) is 108 Å². The third kappa shape index (κ3) is 4.22. The number of carbonyl (C=O) groups excluding carboxylic acids is 3. The van der Waals surface area contributed by atoms with Gasteiger partial charge in [-0.2, -0.15) is 0 Å². The van der Waals surface area contributed by atoms with E-state index >= 15 is 0 Å². The maximum absolute atomic E-state index is 12.9. The minimum absolute atomic E-state index is 0.162. The van der Waals surface area contributed by atoms with Crippen molar-refractivity contribution in [2.75, 3.05) is 16.0 Å². The molecule has 1 aliphatic rings.